The van der Waals surface area contributed by atoms with Crippen LogP contribution in [0.15, 0.2) is 107 Å². The monoisotopic (exact) mass is 626 g/mol. The van der Waals surface area contributed by atoms with Crippen molar-refractivity contribution in [2.75, 3.05) is 25.8 Å². The van der Waals surface area contributed by atoms with Crippen LogP contribution >= 0.6 is 15.9 Å². The van der Waals surface area contributed by atoms with Crippen LogP contribution < -0.4 is 19.8 Å². The van der Waals surface area contributed by atoms with E-state index < -0.39 is 0 Å². The van der Waals surface area contributed by atoms with Crippen LogP contribution in [-0.4, -0.2) is 43.3 Å². The van der Waals surface area contributed by atoms with Crippen LogP contribution in [0.1, 0.15) is 22.3 Å². The van der Waals surface area contributed by atoms with Gasteiger partial charge in [0.15, 0.2) is 17.2 Å². The van der Waals surface area contributed by atoms with Gasteiger partial charge >= 0.3 is 0 Å². The molecule has 0 bridgehead atoms. The van der Waals surface area contributed by atoms with Crippen LogP contribution in [0, 0.1) is 0 Å². The Balaban J connectivity index is 1.37. The Hall–Kier alpha value is -4.47. The predicted octanol–water partition coefficient (Wildman–Crippen LogP) is 5.54. The van der Waals surface area contributed by atoms with Crippen LogP contribution in [0.25, 0.3) is 0 Å². The molecule has 5 rings (SSSR count). The van der Waals surface area contributed by atoms with Gasteiger partial charge in [-0.2, -0.15) is 5.10 Å². The third-order valence-electron chi connectivity index (χ3n) is 6.90. The van der Waals surface area contributed by atoms with E-state index in [0.29, 0.717) is 36.8 Å². The first-order valence-electron chi connectivity index (χ1n) is 13.4. The summed E-state index contributed by atoms with van der Waals surface area (Å²) in [5.74, 6) is 0.479. The fraction of sp³-hybridized carbons (Fsp3) is 0.182. The molecule has 0 spiro atoms. The molecule has 4 aromatic rings. The summed E-state index contributed by atoms with van der Waals surface area (Å²) in [5.41, 5.74) is 7.18. The first kappa shape index (κ1) is 29.0. The SMILES string of the molecule is COc1ccc(CC(=O)N/N=C2\C(=O)N(CN(Cc3ccccc3)Cc3ccccc3)c3ccc(Br)cc32)cc1OC. The van der Waals surface area contributed by atoms with Gasteiger partial charge in [0, 0.05) is 23.1 Å². The van der Waals surface area contributed by atoms with Crippen molar-refractivity contribution in [3.63, 3.8) is 0 Å². The van der Waals surface area contributed by atoms with Gasteiger partial charge in [0.2, 0.25) is 5.91 Å². The number of carbonyl (C=O) groups is 2. The number of hydrazone groups is 1. The van der Waals surface area contributed by atoms with E-state index in [9.17, 15) is 9.59 Å². The van der Waals surface area contributed by atoms with Gasteiger partial charge in [0.05, 0.1) is 33.0 Å². The van der Waals surface area contributed by atoms with E-state index in [2.05, 4.69) is 55.6 Å². The predicted molar refractivity (Wildman–Crippen MR) is 167 cm³/mol. The van der Waals surface area contributed by atoms with Gasteiger partial charge in [-0.3, -0.25) is 19.4 Å². The number of hydrogen-bond donors (Lipinski definition) is 1. The largest absolute Gasteiger partial charge is 0.493 e. The molecule has 4 aromatic carbocycles. The quantitative estimate of drug-likeness (QED) is 0.221. The van der Waals surface area contributed by atoms with Crippen molar-refractivity contribution in [1.82, 2.24) is 10.3 Å². The molecule has 1 aliphatic heterocycles. The number of nitrogens with zero attached hydrogens (tertiary/aromatic N) is 3. The van der Waals surface area contributed by atoms with Crippen molar-refractivity contribution in [1.29, 1.82) is 0 Å². The zero-order valence-electron chi connectivity index (χ0n) is 23.4. The van der Waals surface area contributed by atoms with E-state index >= 15 is 0 Å². The molecule has 1 aliphatic rings. The van der Waals surface area contributed by atoms with Gasteiger partial charge < -0.3 is 9.47 Å². The summed E-state index contributed by atoms with van der Waals surface area (Å²) in [5, 5.41) is 4.32. The number of carbonyl (C=O) groups excluding carboxylic acids is 2. The Morgan fingerprint density at radius 2 is 1.48 bits per heavy atom. The van der Waals surface area contributed by atoms with Crippen LogP contribution in [0.4, 0.5) is 5.69 Å². The second-order valence-corrected chi connectivity index (χ2v) is 10.8. The molecule has 214 valence electrons. The summed E-state index contributed by atoms with van der Waals surface area (Å²) in [6.45, 7) is 1.65. The van der Waals surface area contributed by atoms with Gasteiger partial charge in [-0.25, -0.2) is 5.43 Å². The number of ether oxygens (including phenoxy) is 2. The molecule has 8 nitrogen and oxygen atoms in total. The van der Waals surface area contributed by atoms with Crippen LogP contribution in [0.2, 0.25) is 0 Å². The summed E-state index contributed by atoms with van der Waals surface area (Å²) in [7, 11) is 3.10. The van der Waals surface area contributed by atoms with Crippen molar-refractivity contribution in [3.8, 4) is 11.5 Å². The van der Waals surface area contributed by atoms with E-state index in [1.54, 1.807) is 37.3 Å². The molecule has 1 heterocycles. The zero-order valence-corrected chi connectivity index (χ0v) is 25.0. The number of halogens is 1. The summed E-state index contributed by atoms with van der Waals surface area (Å²) in [6, 6.07) is 31.3. The topological polar surface area (TPSA) is 83.5 Å². The average molecular weight is 628 g/mol. The number of fused-ring (bicyclic) bond motifs is 1. The van der Waals surface area contributed by atoms with Crippen molar-refractivity contribution in [2.45, 2.75) is 19.5 Å². The Kier molecular flexibility index (Phi) is 9.31. The maximum absolute atomic E-state index is 13.8. The van der Waals surface area contributed by atoms with Gasteiger partial charge in [-0.15, -0.1) is 0 Å². The Morgan fingerprint density at radius 3 is 2.10 bits per heavy atom. The molecular formula is C33H31BrN4O4. The molecule has 2 amide bonds. The minimum atomic E-state index is -0.354. The fourth-order valence-electron chi connectivity index (χ4n) is 4.91. The Labute approximate surface area is 253 Å². The van der Waals surface area contributed by atoms with Gasteiger partial charge in [0.25, 0.3) is 5.91 Å². The van der Waals surface area contributed by atoms with Crippen molar-refractivity contribution < 1.29 is 19.1 Å². The van der Waals surface area contributed by atoms with E-state index in [-0.39, 0.29) is 23.9 Å². The second kappa shape index (κ2) is 13.5. The molecule has 0 saturated heterocycles. The highest BCUT2D eigenvalue weighted by Gasteiger charge is 2.35. The standard InChI is InChI=1S/C33H31BrN4O4/c1-41-29-16-13-25(17-30(29)42-2)18-31(39)35-36-32-27-19-26(34)14-15-28(27)38(33(32)40)22-37(20-23-9-5-3-6-10-23)21-24-11-7-4-8-12-24/h3-17,19H,18,20-22H2,1-2H3,(H,35,39)/b36-32-. The summed E-state index contributed by atoms with van der Waals surface area (Å²) >= 11 is 3.52. The number of anilines is 1. The lowest BCUT2D eigenvalue weighted by Gasteiger charge is -2.28. The Morgan fingerprint density at radius 1 is 0.833 bits per heavy atom. The van der Waals surface area contributed by atoms with Crippen molar-refractivity contribution >= 4 is 39.1 Å². The van der Waals surface area contributed by atoms with Gasteiger partial charge in [-0.05, 0) is 47.0 Å². The number of rotatable bonds is 11. The highest BCUT2D eigenvalue weighted by atomic mass is 79.9. The molecule has 9 heteroatoms. The molecule has 0 unspecified atom stereocenters. The second-order valence-electron chi connectivity index (χ2n) is 9.86. The smallest absolute Gasteiger partial charge is 0.280 e. The van der Waals surface area contributed by atoms with E-state index in [1.807, 2.05) is 54.6 Å². The van der Waals surface area contributed by atoms with Gasteiger partial charge in [-0.1, -0.05) is 82.7 Å². The summed E-state index contributed by atoms with van der Waals surface area (Å²) in [6.07, 6.45) is 0.0578. The zero-order chi connectivity index (χ0) is 29.5. The number of hydrogen-bond acceptors (Lipinski definition) is 6. The fourth-order valence-corrected chi connectivity index (χ4v) is 5.27. The molecule has 0 atom stereocenters. The molecule has 1 N–H and O–H groups in total. The lowest BCUT2D eigenvalue weighted by molar-refractivity contribution is -0.120. The molecule has 0 radical (unpaired) electrons. The third-order valence-corrected chi connectivity index (χ3v) is 7.39. The highest BCUT2D eigenvalue weighted by molar-refractivity contribution is 9.10. The number of methoxy groups -OCH3 is 2. The molecule has 0 aliphatic carbocycles. The van der Waals surface area contributed by atoms with Crippen LogP contribution in [0.3, 0.4) is 0 Å². The van der Waals surface area contributed by atoms with Crippen molar-refractivity contribution in [3.05, 3.63) is 124 Å². The van der Waals surface area contributed by atoms with Crippen molar-refractivity contribution in [2.24, 2.45) is 5.10 Å². The van der Waals surface area contributed by atoms with E-state index in [1.165, 1.54) is 0 Å². The molecular weight excluding hydrogens is 596 g/mol. The maximum atomic E-state index is 13.8. The highest BCUT2D eigenvalue weighted by Crippen LogP contribution is 2.32. The first-order chi connectivity index (χ1) is 20.4. The van der Waals surface area contributed by atoms with E-state index in [0.717, 1.165) is 26.9 Å². The van der Waals surface area contributed by atoms with Gasteiger partial charge in [0.1, 0.15) is 0 Å². The van der Waals surface area contributed by atoms with Crippen LogP contribution in [-0.2, 0) is 29.1 Å². The number of nitrogens with one attached hydrogen (secondary N) is 1. The summed E-state index contributed by atoms with van der Waals surface area (Å²) in [4.78, 5) is 30.6. The summed E-state index contributed by atoms with van der Waals surface area (Å²) < 4.78 is 11.4. The molecule has 0 aromatic heterocycles. The van der Waals surface area contributed by atoms with E-state index in [4.69, 9.17) is 9.47 Å². The normalized spacial score (nSPS) is 13.4. The minimum Gasteiger partial charge on any atom is -0.493 e. The average Bonchev–Trinajstić information content (AvgIpc) is 3.26. The molecule has 0 saturated carbocycles. The lowest BCUT2D eigenvalue weighted by Crippen LogP contribution is -2.41. The first-order valence-corrected chi connectivity index (χ1v) is 14.2. The maximum Gasteiger partial charge on any atom is 0.280 e. The minimum absolute atomic E-state index is 0.0578. The number of benzene rings is 4. The third kappa shape index (κ3) is 6.87. The number of amides is 2. The lowest BCUT2D eigenvalue weighted by atomic mass is 10.1. The molecule has 42 heavy (non-hydrogen) atoms. The Bertz CT molecular complexity index is 1550. The van der Waals surface area contributed by atoms with Crippen LogP contribution in [0.5, 0.6) is 11.5 Å². The molecule has 0 fully saturated rings.